The average Bonchev–Trinajstić information content (AvgIpc) is 3.18. The molecule has 1 aliphatic heterocycles. The molecule has 0 bridgehead atoms. The third kappa shape index (κ3) is 4.12. The summed E-state index contributed by atoms with van der Waals surface area (Å²) in [6, 6.07) is 18.8. The maximum absolute atomic E-state index is 13.7. The van der Waals surface area contributed by atoms with Crippen molar-refractivity contribution in [3.63, 3.8) is 0 Å². The Kier molecular flexibility index (Phi) is 6.36. The molecular formula is C28H29ClN2O5S. The maximum Gasteiger partial charge on any atom is 0.410 e. The first kappa shape index (κ1) is 25.4. The number of hydrogen-bond donors (Lipinski definition) is 2. The molecule has 1 amide bonds. The normalized spacial score (nSPS) is 18.8. The minimum Gasteiger partial charge on any atom is -0.504 e. The van der Waals surface area contributed by atoms with Crippen LogP contribution in [0.4, 0.5) is 10.5 Å². The molecule has 3 aromatic rings. The second-order valence-corrected chi connectivity index (χ2v) is 12.6. The summed E-state index contributed by atoms with van der Waals surface area (Å²) in [6.07, 6.45) is 0.181. The van der Waals surface area contributed by atoms with Gasteiger partial charge in [0, 0.05) is 12.5 Å². The first-order chi connectivity index (χ1) is 17.5. The van der Waals surface area contributed by atoms with E-state index in [1.807, 2.05) is 36.4 Å². The number of rotatable bonds is 4. The highest BCUT2D eigenvalue weighted by molar-refractivity contribution is 7.92. The fourth-order valence-electron chi connectivity index (χ4n) is 5.76. The zero-order chi connectivity index (χ0) is 26.5. The van der Waals surface area contributed by atoms with Crippen LogP contribution in [0.5, 0.6) is 5.75 Å². The van der Waals surface area contributed by atoms with Gasteiger partial charge in [-0.15, -0.1) is 0 Å². The second-order valence-electron chi connectivity index (χ2n) is 10.1. The fourth-order valence-corrected chi connectivity index (χ4v) is 8.61. The molecule has 1 unspecified atom stereocenters. The van der Waals surface area contributed by atoms with E-state index in [9.17, 15) is 18.3 Å². The van der Waals surface area contributed by atoms with Gasteiger partial charge in [-0.3, -0.25) is 0 Å². The number of piperidine rings is 1. The van der Waals surface area contributed by atoms with Gasteiger partial charge in [0.2, 0.25) is 0 Å². The van der Waals surface area contributed by atoms with Crippen molar-refractivity contribution in [2.45, 2.75) is 48.3 Å². The van der Waals surface area contributed by atoms with Crippen LogP contribution in [-0.4, -0.2) is 48.5 Å². The number of likely N-dealkylation sites (tertiary alicyclic amines) is 1. The SMILES string of the molecule is CC1(C)C(S(=O)(=O)c2c(Cl)ccc(N)c2O)CCCN1C(=O)OCC1c2ccccc2-c2ccccc21. The molecule has 1 fully saturated rings. The van der Waals surface area contributed by atoms with E-state index in [0.717, 1.165) is 22.3 Å². The van der Waals surface area contributed by atoms with E-state index in [4.69, 9.17) is 22.1 Å². The van der Waals surface area contributed by atoms with Crippen LogP contribution in [0.2, 0.25) is 5.02 Å². The Hall–Kier alpha value is -3.23. The Bertz CT molecular complexity index is 1440. The number of benzene rings is 3. The van der Waals surface area contributed by atoms with Crippen molar-refractivity contribution in [2.75, 3.05) is 18.9 Å². The van der Waals surface area contributed by atoms with Gasteiger partial charge in [0.25, 0.3) is 0 Å². The maximum atomic E-state index is 13.7. The number of nitrogen functional groups attached to an aromatic ring is 1. The fraction of sp³-hybridized carbons (Fsp3) is 0.321. The lowest BCUT2D eigenvalue weighted by atomic mass is 9.90. The van der Waals surface area contributed by atoms with Crippen molar-refractivity contribution in [2.24, 2.45) is 0 Å². The summed E-state index contributed by atoms with van der Waals surface area (Å²) >= 11 is 6.20. The van der Waals surface area contributed by atoms with Crippen molar-refractivity contribution >= 4 is 33.2 Å². The smallest absolute Gasteiger partial charge is 0.410 e. The lowest BCUT2D eigenvalue weighted by Crippen LogP contribution is -2.60. The van der Waals surface area contributed by atoms with Gasteiger partial charge in [-0.25, -0.2) is 13.2 Å². The van der Waals surface area contributed by atoms with Gasteiger partial charge < -0.3 is 20.5 Å². The number of anilines is 1. The molecule has 2 aliphatic rings. The summed E-state index contributed by atoms with van der Waals surface area (Å²) in [4.78, 5) is 14.5. The number of nitrogens with zero attached hydrogens (tertiary/aromatic N) is 1. The lowest BCUT2D eigenvalue weighted by molar-refractivity contribution is 0.0438. The molecule has 3 aromatic carbocycles. The molecule has 3 N–H and O–H groups in total. The van der Waals surface area contributed by atoms with Crippen molar-refractivity contribution in [3.8, 4) is 16.9 Å². The van der Waals surface area contributed by atoms with Crippen LogP contribution in [0.1, 0.15) is 43.7 Å². The van der Waals surface area contributed by atoms with Gasteiger partial charge in [-0.1, -0.05) is 60.1 Å². The Morgan fingerprint density at radius 1 is 1.08 bits per heavy atom. The molecule has 1 saturated heterocycles. The molecule has 0 saturated carbocycles. The predicted octanol–water partition coefficient (Wildman–Crippen LogP) is 5.59. The molecule has 1 heterocycles. The highest BCUT2D eigenvalue weighted by atomic mass is 35.5. The van der Waals surface area contributed by atoms with Gasteiger partial charge in [0.1, 0.15) is 11.5 Å². The van der Waals surface area contributed by atoms with E-state index >= 15 is 0 Å². The molecule has 1 atom stereocenters. The van der Waals surface area contributed by atoms with Crippen LogP contribution in [0.15, 0.2) is 65.6 Å². The summed E-state index contributed by atoms with van der Waals surface area (Å²) in [5.74, 6) is -0.673. The number of amides is 1. The van der Waals surface area contributed by atoms with Crippen molar-refractivity contribution in [1.82, 2.24) is 4.90 Å². The van der Waals surface area contributed by atoms with E-state index in [1.54, 1.807) is 13.8 Å². The van der Waals surface area contributed by atoms with E-state index in [0.29, 0.717) is 19.4 Å². The van der Waals surface area contributed by atoms with E-state index in [1.165, 1.54) is 17.0 Å². The molecule has 5 rings (SSSR count). The Morgan fingerprint density at radius 3 is 2.30 bits per heavy atom. The van der Waals surface area contributed by atoms with Crippen LogP contribution in [0, 0.1) is 0 Å². The minimum absolute atomic E-state index is 0.0787. The highest BCUT2D eigenvalue weighted by Crippen LogP contribution is 2.46. The molecule has 0 aromatic heterocycles. The molecule has 0 spiro atoms. The molecule has 194 valence electrons. The molecule has 1 aliphatic carbocycles. The first-order valence-corrected chi connectivity index (χ1v) is 14.1. The van der Waals surface area contributed by atoms with Crippen LogP contribution < -0.4 is 5.73 Å². The Morgan fingerprint density at radius 2 is 1.68 bits per heavy atom. The second kappa shape index (κ2) is 9.26. The lowest BCUT2D eigenvalue weighted by Gasteiger charge is -2.46. The number of carbonyl (C=O) groups is 1. The van der Waals surface area contributed by atoms with Gasteiger partial charge >= 0.3 is 6.09 Å². The van der Waals surface area contributed by atoms with E-state index < -0.39 is 37.4 Å². The molecule has 7 nitrogen and oxygen atoms in total. The number of ether oxygens (including phenoxy) is 1. The van der Waals surface area contributed by atoms with Crippen molar-refractivity contribution in [3.05, 3.63) is 76.8 Å². The number of aromatic hydroxyl groups is 1. The van der Waals surface area contributed by atoms with Gasteiger partial charge in [-0.05, 0) is 61.1 Å². The number of carbonyl (C=O) groups excluding carboxylic acids is 1. The van der Waals surface area contributed by atoms with Crippen molar-refractivity contribution < 1.29 is 23.1 Å². The zero-order valence-corrected chi connectivity index (χ0v) is 22.2. The van der Waals surface area contributed by atoms with E-state index in [-0.39, 0.29) is 23.2 Å². The predicted molar refractivity (Wildman–Crippen MR) is 144 cm³/mol. The summed E-state index contributed by atoms with van der Waals surface area (Å²) in [5, 5.41) is 9.34. The third-order valence-corrected chi connectivity index (χ3v) is 10.6. The summed E-state index contributed by atoms with van der Waals surface area (Å²) in [7, 11) is -4.14. The quantitative estimate of drug-likeness (QED) is 0.329. The summed E-state index contributed by atoms with van der Waals surface area (Å²) in [5.41, 5.74) is 9.02. The molecular weight excluding hydrogens is 512 g/mol. The van der Waals surface area contributed by atoms with Gasteiger partial charge in [0.05, 0.1) is 21.5 Å². The Labute approximate surface area is 221 Å². The average molecular weight is 541 g/mol. The van der Waals surface area contributed by atoms with Gasteiger partial charge in [0.15, 0.2) is 15.6 Å². The number of nitrogens with two attached hydrogens (primary N) is 1. The topological polar surface area (TPSA) is 110 Å². The molecule has 9 heteroatoms. The van der Waals surface area contributed by atoms with Crippen LogP contribution in [0.25, 0.3) is 11.1 Å². The van der Waals surface area contributed by atoms with Crippen LogP contribution >= 0.6 is 11.6 Å². The van der Waals surface area contributed by atoms with Crippen molar-refractivity contribution in [1.29, 1.82) is 0 Å². The number of fused-ring (bicyclic) bond motifs is 3. The summed E-state index contributed by atoms with van der Waals surface area (Å²) in [6.45, 7) is 3.89. The minimum atomic E-state index is -4.14. The molecule has 37 heavy (non-hydrogen) atoms. The largest absolute Gasteiger partial charge is 0.504 e. The van der Waals surface area contributed by atoms with Gasteiger partial charge in [-0.2, -0.15) is 0 Å². The number of sulfone groups is 1. The Balaban J connectivity index is 1.40. The standard InChI is InChI=1S/C28H29ClN2O5S/c1-28(2)24(37(34,35)26-22(29)13-14-23(30)25(26)32)12-7-15-31(28)27(33)36-16-21-19-10-5-3-8-17(19)18-9-4-6-11-20(18)21/h3-6,8-11,13-14,21,24,32H,7,12,15-16,30H2,1-2H3. The first-order valence-electron chi connectivity index (χ1n) is 12.2. The van der Waals surface area contributed by atoms with Crippen LogP contribution in [-0.2, 0) is 14.6 Å². The zero-order valence-electron chi connectivity index (χ0n) is 20.6. The van der Waals surface area contributed by atoms with E-state index in [2.05, 4.69) is 12.1 Å². The monoisotopic (exact) mass is 540 g/mol. The number of hydrogen-bond acceptors (Lipinski definition) is 6. The molecule has 0 radical (unpaired) electrons. The number of phenols is 1. The third-order valence-electron chi connectivity index (χ3n) is 7.66. The number of halogens is 1. The van der Waals surface area contributed by atoms with Crippen LogP contribution in [0.3, 0.4) is 0 Å². The highest BCUT2D eigenvalue weighted by Gasteiger charge is 2.50. The summed E-state index contributed by atoms with van der Waals surface area (Å²) < 4.78 is 33.3. The number of phenolic OH excluding ortho intramolecular Hbond substituents is 1.